The number of anilines is 1. The number of hydrogen-bond donors (Lipinski definition) is 1. The zero-order valence-corrected chi connectivity index (χ0v) is 10.9. The average Bonchev–Trinajstić information content (AvgIpc) is 2.46. The monoisotopic (exact) mass is 244 g/mol. The summed E-state index contributed by atoms with van der Waals surface area (Å²) in [6.45, 7) is 5.49. The minimum Gasteiger partial charge on any atom is -0.369 e. The molecule has 18 heavy (non-hydrogen) atoms. The summed E-state index contributed by atoms with van der Waals surface area (Å²) in [5, 5.41) is 12.1. The third-order valence-electron chi connectivity index (χ3n) is 3.57. The smallest absolute Gasteiger partial charge is 0.126 e. The van der Waals surface area contributed by atoms with E-state index in [9.17, 15) is 0 Å². The van der Waals surface area contributed by atoms with Gasteiger partial charge >= 0.3 is 0 Å². The van der Waals surface area contributed by atoms with Crippen molar-refractivity contribution in [2.75, 3.05) is 25.0 Å². The number of hydrogen-bond acceptors (Lipinski definition) is 4. The highest BCUT2D eigenvalue weighted by Gasteiger charge is 2.20. The van der Waals surface area contributed by atoms with Crippen LogP contribution in [0.5, 0.6) is 0 Å². The molecular formula is C14H20N4. The molecule has 1 atom stereocenters. The fourth-order valence-corrected chi connectivity index (χ4v) is 2.49. The van der Waals surface area contributed by atoms with Gasteiger partial charge in [-0.25, -0.2) is 4.98 Å². The van der Waals surface area contributed by atoms with Crippen LogP contribution in [0.1, 0.15) is 31.7 Å². The molecule has 0 aliphatic carbocycles. The first-order valence-corrected chi connectivity index (χ1v) is 6.67. The molecule has 0 amide bonds. The van der Waals surface area contributed by atoms with Crippen LogP contribution < -0.4 is 5.32 Å². The number of nitrogens with one attached hydrogen (secondary N) is 1. The lowest BCUT2D eigenvalue weighted by Gasteiger charge is -2.35. The molecule has 0 radical (unpaired) electrons. The molecule has 1 aromatic heterocycles. The SMILES string of the molecule is CCN1CCCCC1CNc1ccc(C#N)cn1. The molecule has 1 fully saturated rings. The van der Waals surface area contributed by atoms with Crippen molar-refractivity contribution < 1.29 is 0 Å². The maximum atomic E-state index is 8.71. The highest BCUT2D eigenvalue weighted by atomic mass is 15.2. The van der Waals surface area contributed by atoms with Crippen LogP contribution in [0.25, 0.3) is 0 Å². The summed E-state index contributed by atoms with van der Waals surface area (Å²) in [5.74, 6) is 0.857. The molecule has 0 bridgehead atoms. The van der Waals surface area contributed by atoms with Gasteiger partial charge in [0.15, 0.2) is 0 Å². The van der Waals surface area contributed by atoms with Gasteiger partial charge in [0.25, 0.3) is 0 Å². The Morgan fingerprint density at radius 2 is 2.39 bits per heavy atom. The van der Waals surface area contributed by atoms with Crippen LogP contribution in [-0.4, -0.2) is 35.6 Å². The van der Waals surface area contributed by atoms with E-state index in [2.05, 4.69) is 28.2 Å². The number of nitrogens with zero attached hydrogens (tertiary/aromatic N) is 3. The summed E-state index contributed by atoms with van der Waals surface area (Å²) in [4.78, 5) is 6.76. The predicted molar refractivity (Wildman–Crippen MR) is 72.3 cm³/mol. The predicted octanol–water partition coefficient (Wildman–Crippen LogP) is 2.24. The topological polar surface area (TPSA) is 52.0 Å². The Kier molecular flexibility index (Phi) is 4.54. The van der Waals surface area contributed by atoms with E-state index < -0.39 is 0 Å². The molecule has 4 nitrogen and oxygen atoms in total. The number of piperidine rings is 1. The van der Waals surface area contributed by atoms with Crippen molar-refractivity contribution in [3.05, 3.63) is 23.9 Å². The second-order valence-corrected chi connectivity index (χ2v) is 4.70. The van der Waals surface area contributed by atoms with Gasteiger partial charge in [-0.1, -0.05) is 13.3 Å². The number of likely N-dealkylation sites (N-methyl/N-ethyl adjacent to an activating group) is 1. The van der Waals surface area contributed by atoms with Crippen LogP contribution in [0.15, 0.2) is 18.3 Å². The summed E-state index contributed by atoms with van der Waals surface area (Å²) in [6, 6.07) is 6.36. The van der Waals surface area contributed by atoms with Crippen LogP contribution in [-0.2, 0) is 0 Å². The standard InChI is InChI=1S/C14H20N4/c1-2-18-8-4-3-5-13(18)11-17-14-7-6-12(9-15)10-16-14/h6-7,10,13H,2-5,8,11H2,1H3,(H,16,17). The first kappa shape index (κ1) is 12.8. The molecule has 1 saturated heterocycles. The van der Waals surface area contributed by atoms with E-state index >= 15 is 0 Å². The summed E-state index contributed by atoms with van der Waals surface area (Å²) < 4.78 is 0. The fourth-order valence-electron chi connectivity index (χ4n) is 2.49. The average molecular weight is 244 g/mol. The van der Waals surface area contributed by atoms with E-state index in [1.54, 1.807) is 12.3 Å². The van der Waals surface area contributed by atoms with Crippen LogP contribution in [0.3, 0.4) is 0 Å². The van der Waals surface area contributed by atoms with Crippen LogP contribution >= 0.6 is 0 Å². The maximum absolute atomic E-state index is 8.71. The van der Waals surface area contributed by atoms with Gasteiger partial charge in [0.2, 0.25) is 0 Å². The number of likely N-dealkylation sites (tertiary alicyclic amines) is 1. The lowest BCUT2D eigenvalue weighted by atomic mass is 10.0. The first-order valence-electron chi connectivity index (χ1n) is 6.67. The molecule has 96 valence electrons. The van der Waals surface area contributed by atoms with Gasteiger partial charge in [-0.3, -0.25) is 4.90 Å². The Morgan fingerprint density at radius 1 is 1.50 bits per heavy atom. The summed E-state index contributed by atoms with van der Waals surface area (Å²) in [6.07, 6.45) is 5.51. The number of nitriles is 1. The molecule has 1 aliphatic rings. The lowest BCUT2D eigenvalue weighted by Crippen LogP contribution is -2.43. The number of pyridine rings is 1. The molecule has 1 unspecified atom stereocenters. The highest BCUT2D eigenvalue weighted by molar-refractivity contribution is 5.39. The van der Waals surface area contributed by atoms with Crippen molar-refractivity contribution in [1.82, 2.24) is 9.88 Å². The minimum atomic E-state index is 0.605. The van der Waals surface area contributed by atoms with Gasteiger partial charge in [0.1, 0.15) is 11.9 Å². The van der Waals surface area contributed by atoms with Gasteiger partial charge in [-0.15, -0.1) is 0 Å². The quantitative estimate of drug-likeness (QED) is 0.882. The van der Waals surface area contributed by atoms with Gasteiger partial charge < -0.3 is 5.32 Å². The minimum absolute atomic E-state index is 0.605. The van der Waals surface area contributed by atoms with E-state index in [0.29, 0.717) is 11.6 Å². The second-order valence-electron chi connectivity index (χ2n) is 4.70. The Morgan fingerprint density at radius 3 is 3.06 bits per heavy atom. The molecule has 0 aromatic carbocycles. The van der Waals surface area contributed by atoms with Crippen molar-refractivity contribution in [3.8, 4) is 6.07 Å². The Balaban J connectivity index is 1.87. The molecule has 2 heterocycles. The molecule has 4 heteroatoms. The van der Waals surface area contributed by atoms with E-state index in [-0.39, 0.29) is 0 Å². The normalized spacial score (nSPS) is 20.3. The molecule has 1 aromatic rings. The highest BCUT2D eigenvalue weighted by Crippen LogP contribution is 2.17. The molecule has 1 aliphatic heterocycles. The summed E-state index contributed by atoms with van der Waals surface area (Å²) in [5.41, 5.74) is 0.605. The fraction of sp³-hybridized carbons (Fsp3) is 0.571. The molecule has 2 rings (SSSR count). The number of aromatic nitrogens is 1. The van der Waals surface area contributed by atoms with Gasteiger partial charge in [0, 0.05) is 18.8 Å². The molecule has 1 N–H and O–H groups in total. The van der Waals surface area contributed by atoms with Crippen LogP contribution in [0.2, 0.25) is 0 Å². The van der Waals surface area contributed by atoms with E-state index in [0.717, 1.165) is 18.9 Å². The Labute approximate surface area is 109 Å². The van der Waals surface area contributed by atoms with Crippen molar-refractivity contribution in [2.45, 2.75) is 32.2 Å². The van der Waals surface area contributed by atoms with Gasteiger partial charge in [-0.05, 0) is 38.1 Å². The van der Waals surface area contributed by atoms with Crippen molar-refractivity contribution in [3.63, 3.8) is 0 Å². The van der Waals surface area contributed by atoms with Crippen LogP contribution in [0.4, 0.5) is 5.82 Å². The third kappa shape index (κ3) is 3.21. The Bertz CT molecular complexity index is 407. The first-order chi connectivity index (χ1) is 8.83. The lowest BCUT2D eigenvalue weighted by molar-refractivity contribution is 0.164. The Hall–Kier alpha value is -1.60. The van der Waals surface area contributed by atoms with E-state index in [1.807, 2.05) is 6.07 Å². The van der Waals surface area contributed by atoms with E-state index in [4.69, 9.17) is 5.26 Å². The van der Waals surface area contributed by atoms with Crippen LogP contribution in [0, 0.1) is 11.3 Å². The summed E-state index contributed by atoms with van der Waals surface area (Å²) >= 11 is 0. The van der Waals surface area contributed by atoms with Crippen molar-refractivity contribution in [2.24, 2.45) is 0 Å². The molecule has 0 spiro atoms. The molecular weight excluding hydrogens is 224 g/mol. The van der Waals surface area contributed by atoms with Gasteiger partial charge in [0.05, 0.1) is 5.56 Å². The zero-order chi connectivity index (χ0) is 12.8. The number of rotatable bonds is 4. The maximum Gasteiger partial charge on any atom is 0.126 e. The van der Waals surface area contributed by atoms with Crippen molar-refractivity contribution >= 4 is 5.82 Å². The molecule has 0 saturated carbocycles. The third-order valence-corrected chi connectivity index (χ3v) is 3.57. The van der Waals surface area contributed by atoms with Gasteiger partial charge in [-0.2, -0.15) is 5.26 Å². The zero-order valence-electron chi connectivity index (χ0n) is 10.9. The van der Waals surface area contributed by atoms with Crippen molar-refractivity contribution in [1.29, 1.82) is 5.26 Å². The van der Waals surface area contributed by atoms with E-state index in [1.165, 1.54) is 25.8 Å². The largest absolute Gasteiger partial charge is 0.369 e. The summed E-state index contributed by atoms with van der Waals surface area (Å²) in [7, 11) is 0. The second kappa shape index (κ2) is 6.36.